The number of rotatable bonds is 41. The molecule has 1 aliphatic carbocycles. The number of piperidine rings is 1. The molecular formula is C86H132N12O20. The van der Waals surface area contributed by atoms with Gasteiger partial charge in [-0.3, -0.25) is 28.8 Å². The highest BCUT2D eigenvalue weighted by Crippen LogP contribution is 2.34. The summed E-state index contributed by atoms with van der Waals surface area (Å²) < 4.78 is 71.1. The summed E-state index contributed by atoms with van der Waals surface area (Å²) in [5.74, 6) is -1.90. The Morgan fingerprint density at radius 1 is 0.695 bits per heavy atom. The molecule has 656 valence electrons. The van der Waals surface area contributed by atoms with Gasteiger partial charge in [-0.2, -0.15) is 5.10 Å². The molecule has 4 amide bonds. The van der Waals surface area contributed by atoms with Crippen molar-refractivity contribution in [1.29, 1.82) is 0 Å². The van der Waals surface area contributed by atoms with Crippen LogP contribution in [-0.2, 0) is 92.2 Å². The van der Waals surface area contributed by atoms with E-state index in [-0.39, 0.29) is 118 Å². The lowest BCUT2D eigenvalue weighted by Gasteiger charge is -2.38. The van der Waals surface area contributed by atoms with Gasteiger partial charge in [-0.05, 0) is 139 Å². The third-order valence-electron chi connectivity index (χ3n) is 21.9. The third kappa shape index (κ3) is 34.0. The Balaban J connectivity index is 0.596. The Kier molecular flexibility index (Phi) is 43.6. The summed E-state index contributed by atoms with van der Waals surface area (Å²) >= 11 is 0. The second kappa shape index (κ2) is 53.7. The predicted molar refractivity (Wildman–Crippen MR) is 444 cm³/mol. The van der Waals surface area contributed by atoms with Crippen LogP contribution in [0.1, 0.15) is 157 Å². The van der Waals surface area contributed by atoms with Gasteiger partial charge in [-0.15, -0.1) is 0 Å². The van der Waals surface area contributed by atoms with Crippen LogP contribution in [0.25, 0.3) is 33.3 Å². The molecule has 7 heterocycles. The lowest BCUT2D eigenvalue weighted by atomic mass is 9.81. The molecule has 4 aliphatic rings. The fraction of sp³-hybridized carbons (Fsp3) is 0.686. The number of unbranched alkanes of at least 4 members (excludes halogenated alkanes) is 1. The zero-order valence-corrected chi connectivity index (χ0v) is 70.3. The molecule has 118 heavy (non-hydrogen) atoms. The maximum Gasteiger partial charge on any atom is 0.407 e. The topological polar surface area (TPSA) is 414 Å². The number of hydrogen-bond donors (Lipinski definition) is 7. The van der Waals surface area contributed by atoms with Gasteiger partial charge in [-0.1, -0.05) is 57.2 Å². The predicted octanol–water partition coefficient (Wildman–Crippen LogP) is 8.15. The smallest absolute Gasteiger partial charge is 0.407 e. The SMILES string of the molecule is CO[C@H]1C[C@@H]2CCCC(O2)C(=O)C(=O)N2CCCC[C@H]2COC([C@H](N)CC2CCC(OC(=O)NCCOCCOCCOCCOCCC(=O)NCCOCCOCCOCCOCCC(=O)NCCCCn3nc(-c4cnc5[nH]ccc5c4)c4c(N)ncnc43)CC2)CC(=O)[C@H](C)/C=C(\C)[C@@H](O)CC(=O)[C@H](C)C[C@H](C)/C=C/C=CC=C1C. The van der Waals surface area contributed by atoms with Crippen molar-refractivity contribution in [1.82, 2.24) is 50.6 Å². The summed E-state index contributed by atoms with van der Waals surface area (Å²) in [6.07, 6.45) is 23.0. The number of nitrogens with two attached hydrogens (primary N) is 2. The molecule has 8 rings (SSSR count). The van der Waals surface area contributed by atoms with Gasteiger partial charge >= 0.3 is 6.09 Å². The van der Waals surface area contributed by atoms with Gasteiger partial charge in [0.15, 0.2) is 5.65 Å². The number of nitrogen functional groups attached to an aromatic ring is 1. The van der Waals surface area contributed by atoms with Crippen molar-refractivity contribution in [3.63, 3.8) is 0 Å². The number of aliphatic hydroxyl groups is 1. The number of methoxy groups -OCH3 is 1. The van der Waals surface area contributed by atoms with E-state index in [1.54, 1.807) is 38.1 Å². The average Bonchev–Trinajstić information content (AvgIpc) is 1.61. The van der Waals surface area contributed by atoms with Crippen molar-refractivity contribution in [2.45, 2.75) is 212 Å². The summed E-state index contributed by atoms with van der Waals surface area (Å²) in [5.41, 5.74) is 17.8. The Morgan fingerprint density at radius 2 is 1.34 bits per heavy atom. The molecule has 2 saturated heterocycles. The van der Waals surface area contributed by atoms with Gasteiger partial charge < -0.3 is 99.3 Å². The van der Waals surface area contributed by atoms with E-state index in [0.717, 1.165) is 73.5 Å². The molecule has 1 saturated carbocycles. The fourth-order valence-corrected chi connectivity index (χ4v) is 15.0. The minimum Gasteiger partial charge on any atom is -0.446 e. The van der Waals surface area contributed by atoms with Crippen LogP contribution in [0.2, 0.25) is 0 Å². The van der Waals surface area contributed by atoms with Crippen LogP contribution >= 0.6 is 0 Å². The van der Waals surface area contributed by atoms with Crippen molar-refractivity contribution in [3.05, 3.63) is 78.5 Å². The first-order chi connectivity index (χ1) is 57.2. The Labute approximate surface area is 694 Å². The maximum atomic E-state index is 14.2. The molecule has 0 aromatic carbocycles. The second-order valence-corrected chi connectivity index (χ2v) is 31.2. The van der Waals surface area contributed by atoms with Crippen LogP contribution in [-0.4, -0.2) is 275 Å². The first kappa shape index (κ1) is 95.6. The minimum absolute atomic E-state index is 0.0315. The molecule has 10 atom stereocenters. The highest BCUT2D eigenvalue weighted by molar-refractivity contribution is 6.37. The van der Waals surface area contributed by atoms with E-state index in [4.69, 9.17) is 73.4 Å². The van der Waals surface area contributed by atoms with Crippen molar-refractivity contribution in [2.75, 3.05) is 151 Å². The largest absolute Gasteiger partial charge is 0.446 e. The molecule has 9 N–H and O–H groups in total. The van der Waals surface area contributed by atoms with Crippen LogP contribution in [0.4, 0.5) is 10.6 Å². The van der Waals surface area contributed by atoms with Gasteiger partial charge in [0, 0.05) is 113 Å². The number of ether oxygens (including phenoxy) is 12. The molecule has 32 nitrogen and oxygen atoms in total. The first-order valence-electron chi connectivity index (χ1n) is 42.6. The van der Waals surface area contributed by atoms with Crippen molar-refractivity contribution in [2.24, 2.45) is 29.4 Å². The van der Waals surface area contributed by atoms with Crippen LogP contribution in [0, 0.1) is 23.7 Å². The monoisotopic (exact) mass is 1650 g/mol. The Bertz CT molecular complexity index is 3820. The summed E-state index contributed by atoms with van der Waals surface area (Å²) in [5, 5.41) is 26.2. The lowest BCUT2D eigenvalue weighted by Crippen LogP contribution is -2.53. The Morgan fingerprint density at radius 3 is 2.01 bits per heavy atom. The van der Waals surface area contributed by atoms with Crippen LogP contribution < -0.4 is 27.4 Å². The zero-order valence-electron chi connectivity index (χ0n) is 70.3. The number of alkyl carbamates (subject to hydrolysis) is 1. The number of anilines is 1. The number of hydrogen-bond acceptors (Lipinski definition) is 26. The van der Waals surface area contributed by atoms with E-state index in [9.17, 15) is 38.7 Å². The number of nitrogens with zero attached hydrogens (tertiary/aromatic N) is 6. The van der Waals surface area contributed by atoms with Crippen LogP contribution in [0.15, 0.2) is 78.5 Å². The standard InChI is InChI=1S/C86H132N12O20/c1-59-15-8-7-9-16-60(2)75(107-6)53-69-18-14-19-74(117-69)81(104)85(105)97-31-12-10-17-67(97)57-116-76(55-73(101)63(5)50-62(4)72(100)54-71(99)61(3)49-59)70(87)51-64-20-22-68(23-21-64)118-86(106)92-30-36-111-40-44-115-48-46-113-42-38-109-34-26-78(103)90-29-35-110-39-43-114-47-45-112-41-37-108-33-25-77(102)89-27-11-13-32-98-84-79(82(88)94-58-95-84)80(96-98)66-52-65-24-28-91-83(65)93-56-66/h7-9,15-16,24,28,50,52,56,58-59,61,63-64,67-70,72,74-76,100H,10-14,17-23,25-27,29-49,51,53-55,57,87H2,1-6H3,(H,89,102)(H,90,103)(H,91,93)(H,92,106)(H2,88,94,95)/b9-7?,15-8+,60-16?,62-50+/t59-,61-,63-,64?,67+,68?,69+,70-,72+,74?,75+,76?/m1/s1. The fourth-order valence-electron chi connectivity index (χ4n) is 15.0. The summed E-state index contributed by atoms with van der Waals surface area (Å²) in [7, 11) is 1.66. The second-order valence-electron chi connectivity index (χ2n) is 31.2. The number of allylic oxidation sites excluding steroid dienone is 6. The molecule has 2 bridgehead atoms. The molecule has 0 spiro atoms. The van der Waals surface area contributed by atoms with Gasteiger partial charge in [-0.25, -0.2) is 24.4 Å². The molecule has 0 radical (unpaired) electrons. The van der Waals surface area contributed by atoms with Gasteiger partial charge in [0.1, 0.15) is 47.3 Å². The highest BCUT2D eigenvalue weighted by Gasteiger charge is 2.40. The normalized spacial score (nSPS) is 24.3. The van der Waals surface area contributed by atoms with Crippen molar-refractivity contribution < 1.29 is 95.5 Å². The molecular weight excluding hydrogens is 1520 g/mol. The maximum absolute atomic E-state index is 14.2. The van der Waals surface area contributed by atoms with Gasteiger partial charge in [0.25, 0.3) is 5.91 Å². The molecule has 32 heteroatoms. The van der Waals surface area contributed by atoms with E-state index < -0.39 is 54.1 Å². The van der Waals surface area contributed by atoms with Crippen LogP contribution in [0.5, 0.6) is 0 Å². The molecule has 4 aromatic heterocycles. The number of aryl methyl sites for hydroxylation is 1. The van der Waals surface area contributed by atoms with Gasteiger partial charge in [0.2, 0.25) is 17.6 Å². The number of amides is 4. The number of fused-ring (bicyclic) bond motifs is 5. The molecule has 3 fully saturated rings. The number of aromatic amines is 1. The van der Waals surface area contributed by atoms with Crippen molar-refractivity contribution >= 4 is 69.0 Å². The number of Topliss-reactive ketones (excluding diaryl/α,β-unsaturated/α-hetero) is 3. The molecule has 2 unspecified atom stereocenters. The van der Waals surface area contributed by atoms with E-state index in [1.807, 2.05) is 67.2 Å². The van der Waals surface area contributed by atoms with E-state index in [1.165, 1.54) is 6.33 Å². The highest BCUT2D eigenvalue weighted by atomic mass is 16.6. The number of carbonyl (C=O) groups is 7. The number of ketones is 3. The summed E-state index contributed by atoms with van der Waals surface area (Å²) in [6, 6.07) is 2.96. The molecule has 4 aromatic rings. The summed E-state index contributed by atoms with van der Waals surface area (Å²) in [4.78, 5) is 111. The zero-order chi connectivity index (χ0) is 84.2. The van der Waals surface area contributed by atoms with Gasteiger partial charge in [0.05, 0.1) is 148 Å². The lowest BCUT2D eigenvalue weighted by molar-refractivity contribution is -0.159. The number of nitrogens with one attached hydrogen (secondary N) is 4. The van der Waals surface area contributed by atoms with E-state index in [2.05, 4.69) is 42.8 Å². The Hall–Kier alpha value is -7.83. The number of pyridine rings is 1. The number of aromatic nitrogens is 6. The molecule has 3 aliphatic heterocycles. The van der Waals surface area contributed by atoms with Crippen molar-refractivity contribution in [3.8, 4) is 11.3 Å². The third-order valence-corrected chi connectivity index (χ3v) is 21.9. The van der Waals surface area contributed by atoms with Crippen LogP contribution in [0.3, 0.4) is 0 Å². The number of H-pyrrole nitrogens is 1. The first-order valence-corrected chi connectivity index (χ1v) is 42.6. The van der Waals surface area contributed by atoms with E-state index in [0.29, 0.717) is 185 Å². The summed E-state index contributed by atoms with van der Waals surface area (Å²) in [6.45, 7) is 17.1. The van der Waals surface area contributed by atoms with E-state index >= 15 is 0 Å². The minimum atomic E-state index is -1.06. The average molecular weight is 1650 g/mol. The number of carbonyl (C=O) groups excluding carboxylic acids is 7. The number of aliphatic hydroxyl groups excluding tert-OH is 1. The quantitative estimate of drug-likeness (QED) is 0.0125.